The van der Waals surface area contributed by atoms with Crippen LogP contribution in [0.25, 0.3) is 22.2 Å². The number of nitriles is 1. The average Bonchev–Trinajstić information content (AvgIpc) is 3.50. The Morgan fingerprint density at radius 3 is 2.58 bits per heavy atom. The van der Waals surface area contributed by atoms with E-state index < -0.39 is 6.09 Å². The summed E-state index contributed by atoms with van der Waals surface area (Å²) in [5.41, 5.74) is 4.19. The van der Waals surface area contributed by atoms with Crippen LogP contribution in [-0.2, 0) is 11.3 Å². The lowest BCUT2D eigenvalue weighted by Crippen LogP contribution is -2.17. The minimum Gasteiger partial charge on any atom is -0.494 e. The fourth-order valence-electron chi connectivity index (χ4n) is 3.82. The smallest absolute Gasteiger partial charge is 0.411 e. The number of rotatable bonds is 7. The molecular formula is C25H27N3O3. The van der Waals surface area contributed by atoms with Crippen molar-refractivity contribution in [2.45, 2.75) is 46.3 Å². The van der Waals surface area contributed by atoms with Crippen molar-refractivity contribution in [2.75, 3.05) is 11.9 Å². The summed E-state index contributed by atoms with van der Waals surface area (Å²) in [6.45, 7) is 7.06. The zero-order valence-electron chi connectivity index (χ0n) is 18.1. The minimum atomic E-state index is -0.480. The van der Waals surface area contributed by atoms with Gasteiger partial charge in [-0.2, -0.15) is 5.26 Å². The lowest BCUT2D eigenvalue weighted by Gasteiger charge is -2.13. The predicted molar refractivity (Wildman–Crippen MR) is 121 cm³/mol. The Bertz CT molecular complexity index is 1140. The van der Waals surface area contributed by atoms with Crippen LogP contribution < -0.4 is 10.1 Å². The molecule has 2 aromatic carbocycles. The zero-order chi connectivity index (χ0) is 22.0. The average molecular weight is 418 g/mol. The molecule has 1 aliphatic rings. The highest BCUT2D eigenvalue weighted by molar-refractivity contribution is 5.95. The number of anilines is 1. The van der Waals surface area contributed by atoms with Gasteiger partial charge in [-0.3, -0.25) is 5.32 Å². The number of hydrogen-bond donors (Lipinski definition) is 1. The van der Waals surface area contributed by atoms with Crippen molar-refractivity contribution in [3.05, 3.63) is 48.0 Å². The third-order valence-corrected chi connectivity index (χ3v) is 5.34. The fourth-order valence-corrected chi connectivity index (χ4v) is 3.82. The van der Waals surface area contributed by atoms with Crippen LogP contribution in [0.5, 0.6) is 5.75 Å². The summed E-state index contributed by atoms with van der Waals surface area (Å²) in [7, 11) is 0. The highest BCUT2D eigenvalue weighted by Gasteiger charge is 2.26. The Hall–Kier alpha value is -3.46. The van der Waals surface area contributed by atoms with Crippen LogP contribution in [0.2, 0.25) is 0 Å². The van der Waals surface area contributed by atoms with Crippen LogP contribution in [0.1, 0.15) is 39.2 Å². The second kappa shape index (κ2) is 8.73. The molecule has 0 aliphatic heterocycles. The van der Waals surface area contributed by atoms with Crippen LogP contribution >= 0.6 is 0 Å². The van der Waals surface area contributed by atoms with Gasteiger partial charge in [-0.05, 0) is 69.4 Å². The van der Waals surface area contributed by atoms with Gasteiger partial charge < -0.3 is 14.0 Å². The Balaban J connectivity index is 1.75. The molecule has 0 unspecified atom stereocenters. The molecule has 1 N–H and O–H groups in total. The van der Waals surface area contributed by atoms with E-state index in [1.54, 1.807) is 0 Å². The summed E-state index contributed by atoms with van der Waals surface area (Å²) in [6, 6.07) is 15.9. The van der Waals surface area contributed by atoms with Gasteiger partial charge in [0.05, 0.1) is 29.5 Å². The normalized spacial score (nSPS) is 13.3. The number of nitrogens with one attached hydrogen (secondary N) is 1. The number of nitrogens with zero attached hydrogens (tertiary/aromatic N) is 2. The van der Waals surface area contributed by atoms with Gasteiger partial charge in [-0.25, -0.2) is 4.79 Å². The topological polar surface area (TPSA) is 76.3 Å². The first kappa shape index (κ1) is 20.8. The minimum absolute atomic E-state index is 0.183. The van der Waals surface area contributed by atoms with Crippen molar-refractivity contribution in [3.8, 4) is 23.1 Å². The van der Waals surface area contributed by atoms with E-state index in [2.05, 4.69) is 16.0 Å². The summed E-state index contributed by atoms with van der Waals surface area (Å²) < 4.78 is 13.1. The van der Waals surface area contributed by atoms with Crippen molar-refractivity contribution >= 4 is 22.7 Å². The van der Waals surface area contributed by atoms with Gasteiger partial charge >= 0.3 is 6.09 Å². The first-order valence-electron chi connectivity index (χ1n) is 10.8. The van der Waals surface area contributed by atoms with E-state index in [0.29, 0.717) is 23.8 Å². The number of carbonyl (C=O) groups excluding carboxylic acids is 1. The first-order valence-corrected chi connectivity index (χ1v) is 10.8. The molecule has 0 saturated heterocycles. The van der Waals surface area contributed by atoms with Crippen LogP contribution in [0, 0.1) is 17.2 Å². The maximum absolute atomic E-state index is 11.9. The lowest BCUT2D eigenvalue weighted by atomic mass is 10.1. The molecule has 3 aromatic rings. The van der Waals surface area contributed by atoms with Crippen molar-refractivity contribution < 1.29 is 14.3 Å². The fraction of sp³-hybridized carbons (Fsp3) is 0.360. The lowest BCUT2D eigenvalue weighted by molar-refractivity contribution is 0.130. The van der Waals surface area contributed by atoms with Crippen molar-refractivity contribution in [2.24, 2.45) is 5.92 Å². The summed E-state index contributed by atoms with van der Waals surface area (Å²) in [5, 5.41) is 13.7. The van der Waals surface area contributed by atoms with Gasteiger partial charge in [0.1, 0.15) is 11.8 Å². The molecule has 1 amide bonds. The zero-order valence-corrected chi connectivity index (χ0v) is 18.1. The van der Waals surface area contributed by atoms with E-state index >= 15 is 0 Å². The molecule has 6 nitrogen and oxygen atoms in total. The molecule has 1 heterocycles. The van der Waals surface area contributed by atoms with Gasteiger partial charge in [0.25, 0.3) is 0 Å². The van der Waals surface area contributed by atoms with E-state index in [1.807, 2.05) is 63.2 Å². The van der Waals surface area contributed by atoms with Gasteiger partial charge in [0.15, 0.2) is 0 Å². The highest BCUT2D eigenvalue weighted by Crippen LogP contribution is 2.39. The number of carbonyl (C=O) groups is 1. The molecular weight excluding hydrogens is 390 g/mol. The standard InChI is InChI=1S/C25H27N3O3/c1-4-30-20-11-12-21-22(14-26)24(28(23(21)13-20)15-17-5-6-17)18-7-9-19(10-8-18)27-25(29)31-16(2)3/h7-13,16-17H,4-6,15H2,1-3H3,(H,27,29). The number of aromatic nitrogens is 1. The molecule has 31 heavy (non-hydrogen) atoms. The monoisotopic (exact) mass is 417 g/mol. The third kappa shape index (κ3) is 4.51. The molecule has 1 fully saturated rings. The van der Waals surface area contributed by atoms with Crippen LogP contribution in [0.4, 0.5) is 10.5 Å². The van der Waals surface area contributed by atoms with E-state index in [1.165, 1.54) is 12.8 Å². The van der Waals surface area contributed by atoms with E-state index in [-0.39, 0.29) is 6.10 Å². The second-order valence-corrected chi connectivity index (χ2v) is 8.16. The van der Waals surface area contributed by atoms with E-state index in [4.69, 9.17) is 9.47 Å². The molecule has 0 bridgehead atoms. The number of fused-ring (bicyclic) bond motifs is 1. The molecule has 1 aromatic heterocycles. The highest BCUT2D eigenvalue weighted by atomic mass is 16.6. The molecule has 1 saturated carbocycles. The van der Waals surface area contributed by atoms with Crippen LogP contribution in [0.15, 0.2) is 42.5 Å². The molecule has 4 rings (SSSR count). The molecule has 6 heteroatoms. The quantitative estimate of drug-likeness (QED) is 0.516. The van der Waals surface area contributed by atoms with Crippen LogP contribution in [0.3, 0.4) is 0 Å². The molecule has 160 valence electrons. The molecule has 0 atom stereocenters. The first-order chi connectivity index (χ1) is 15.0. The van der Waals surface area contributed by atoms with E-state index in [9.17, 15) is 10.1 Å². The van der Waals surface area contributed by atoms with Gasteiger partial charge in [0.2, 0.25) is 0 Å². The predicted octanol–water partition coefficient (Wildman–Crippen LogP) is 5.95. The molecule has 1 aliphatic carbocycles. The maximum Gasteiger partial charge on any atom is 0.411 e. The maximum atomic E-state index is 11.9. The second-order valence-electron chi connectivity index (χ2n) is 8.16. The van der Waals surface area contributed by atoms with Crippen molar-refractivity contribution in [1.29, 1.82) is 5.26 Å². The van der Waals surface area contributed by atoms with Crippen LogP contribution in [-0.4, -0.2) is 23.4 Å². The molecule has 0 radical (unpaired) electrons. The summed E-state index contributed by atoms with van der Waals surface area (Å²) in [5.74, 6) is 1.45. The molecule has 0 spiro atoms. The Labute approximate surface area is 182 Å². The number of hydrogen-bond acceptors (Lipinski definition) is 4. The summed E-state index contributed by atoms with van der Waals surface area (Å²) >= 11 is 0. The van der Waals surface area contributed by atoms with Gasteiger partial charge in [0, 0.05) is 23.7 Å². The Kier molecular flexibility index (Phi) is 5.85. The van der Waals surface area contributed by atoms with Crippen molar-refractivity contribution in [3.63, 3.8) is 0 Å². The SMILES string of the molecule is CCOc1ccc2c(C#N)c(-c3ccc(NC(=O)OC(C)C)cc3)n(CC3CC3)c2c1. The van der Waals surface area contributed by atoms with Crippen molar-refractivity contribution in [1.82, 2.24) is 4.57 Å². The van der Waals surface area contributed by atoms with Gasteiger partial charge in [-0.1, -0.05) is 12.1 Å². The number of amides is 1. The Morgan fingerprint density at radius 1 is 1.23 bits per heavy atom. The summed E-state index contributed by atoms with van der Waals surface area (Å²) in [6.07, 6.45) is 1.77. The number of benzene rings is 2. The van der Waals surface area contributed by atoms with Gasteiger partial charge in [-0.15, -0.1) is 0 Å². The Morgan fingerprint density at radius 2 is 1.97 bits per heavy atom. The summed E-state index contributed by atoms with van der Waals surface area (Å²) in [4.78, 5) is 11.9. The largest absolute Gasteiger partial charge is 0.494 e. The number of ether oxygens (including phenoxy) is 2. The third-order valence-electron chi connectivity index (χ3n) is 5.34. The van der Waals surface area contributed by atoms with E-state index in [0.717, 1.165) is 34.5 Å².